The topological polar surface area (TPSA) is 104 Å². The zero-order chi connectivity index (χ0) is 13.7. The second-order valence-corrected chi connectivity index (χ2v) is 3.57. The highest BCUT2D eigenvalue weighted by Crippen LogP contribution is 2.22. The van der Waals surface area contributed by atoms with E-state index in [0.29, 0.717) is 0 Å². The van der Waals surface area contributed by atoms with E-state index in [1.165, 1.54) is 7.05 Å². The van der Waals surface area contributed by atoms with Crippen molar-refractivity contribution in [2.45, 2.75) is 6.42 Å². The van der Waals surface area contributed by atoms with Crippen molar-refractivity contribution in [3.05, 3.63) is 23.5 Å². The molecule has 1 amide bonds. The number of anilines is 2. The van der Waals surface area contributed by atoms with Gasteiger partial charge in [-0.3, -0.25) is 4.79 Å². The van der Waals surface area contributed by atoms with Crippen molar-refractivity contribution in [3.8, 4) is 0 Å². The van der Waals surface area contributed by atoms with Crippen molar-refractivity contribution in [2.75, 3.05) is 24.6 Å². The minimum atomic E-state index is -1.38. The van der Waals surface area contributed by atoms with Crippen molar-refractivity contribution < 1.29 is 19.1 Å². The summed E-state index contributed by atoms with van der Waals surface area (Å²) in [5.74, 6) is -2.42. The summed E-state index contributed by atoms with van der Waals surface area (Å²) in [4.78, 5) is 21.6. The van der Waals surface area contributed by atoms with Crippen LogP contribution in [0.3, 0.4) is 0 Å². The lowest BCUT2D eigenvalue weighted by Gasteiger charge is -2.10. The van der Waals surface area contributed by atoms with E-state index in [2.05, 4.69) is 10.6 Å². The van der Waals surface area contributed by atoms with Crippen LogP contribution in [0.2, 0.25) is 0 Å². The van der Waals surface area contributed by atoms with Crippen LogP contribution in [0.4, 0.5) is 15.8 Å². The number of halogens is 1. The maximum atomic E-state index is 13.4. The average molecular weight is 255 g/mol. The standard InChI is InChI=1S/C11H14FN3O3/c1-14-10(16)2-3-15-9-5-7(12)6(11(17)18)4-8(9)13/h4-5,15H,2-3,13H2,1H3,(H,14,16)(H,17,18). The number of carbonyl (C=O) groups excluding carboxylic acids is 1. The van der Waals surface area contributed by atoms with Crippen LogP contribution in [0, 0.1) is 5.82 Å². The van der Waals surface area contributed by atoms with Gasteiger partial charge in [-0.25, -0.2) is 9.18 Å². The van der Waals surface area contributed by atoms with Crippen LogP contribution in [0.5, 0.6) is 0 Å². The molecule has 0 aliphatic heterocycles. The van der Waals surface area contributed by atoms with Crippen molar-refractivity contribution >= 4 is 23.3 Å². The van der Waals surface area contributed by atoms with Gasteiger partial charge in [-0.15, -0.1) is 0 Å². The Kier molecular flexibility index (Phi) is 4.47. The minimum Gasteiger partial charge on any atom is -0.478 e. The molecule has 0 fully saturated rings. The number of nitrogens with two attached hydrogens (primary N) is 1. The van der Waals surface area contributed by atoms with Gasteiger partial charge in [0.25, 0.3) is 0 Å². The van der Waals surface area contributed by atoms with Crippen LogP contribution in [0.25, 0.3) is 0 Å². The van der Waals surface area contributed by atoms with Gasteiger partial charge in [-0.2, -0.15) is 0 Å². The second-order valence-electron chi connectivity index (χ2n) is 3.57. The summed E-state index contributed by atoms with van der Waals surface area (Å²) in [6, 6.07) is 2.04. The number of aromatic carboxylic acids is 1. The van der Waals surface area contributed by atoms with Gasteiger partial charge >= 0.3 is 5.97 Å². The van der Waals surface area contributed by atoms with Crippen LogP contribution >= 0.6 is 0 Å². The first-order valence-electron chi connectivity index (χ1n) is 5.22. The molecule has 0 atom stereocenters. The molecule has 0 radical (unpaired) electrons. The zero-order valence-electron chi connectivity index (χ0n) is 9.79. The van der Waals surface area contributed by atoms with E-state index in [0.717, 1.165) is 12.1 Å². The molecule has 0 saturated heterocycles. The molecule has 0 spiro atoms. The number of carboxylic acids is 1. The molecule has 0 aliphatic rings. The van der Waals surface area contributed by atoms with E-state index >= 15 is 0 Å². The molecule has 18 heavy (non-hydrogen) atoms. The van der Waals surface area contributed by atoms with Crippen molar-refractivity contribution in [1.82, 2.24) is 5.32 Å². The van der Waals surface area contributed by atoms with Gasteiger partial charge in [0.2, 0.25) is 5.91 Å². The molecule has 5 N–H and O–H groups in total. The number of nitrogen functional groups attached to an aromatic ring is 1. The predicted molar refractivity (Wildman–Crippen MR) is 64.9 cm³/mol. The van der Waals surface area contributed by atoms with Gasteiger partial charge in [0, 0.05) is 20.0 Å². The van der Waals surface area contributed by atoms with Gasteiger partial charge in [0.15, 0.2) is 0 Å². The molecular formula is C11H14FN3O3. The Hall–Kier alpha value is -2.31. The molecule has 0 aliphatic carbocycles. The molecule has 0 aromatic heterocycles. The third-order valence-corrected chi connectivity index (χ3v) is 2.32. The largest absolute Gasteiger partial charge is 0.478 e. The van der Waals surface area contributed by atoms with E-state index in [1.54, 1.807) is 0 Å². The zero-order valence-corrected chi connectivity index (χ0v) is 9.79. The molecule has 0 bridgehead atoms. The van der Waals surface area contributed by atoms with E-state index in [-0.39, 0.29) is 30.2 Å². The van der Waals surface area contributed by atoms with Gasteiger partial charge in [0.05, 0.1) is 16.9 Å². The number of hydrogen-bond donors (Lipinski definition) is 4. The van der Waals surface area contributed by atoms with Crippen LogP contribution in [0.15, 0.2) is 12.1 Å². The number of carbonyl (C=O) groups is 2. The Labute approximate surface area is 103 Å². The number of benzene rings is 1. The lowest BCUT2D eigenvalue weighted by Crippen LogP contribution is -2.21. The highest BCUT2D eigenvalue weighted by molar-refractivity contribution is 5.90. The first kappa shape index (κ1) is 13.8. The monoisotopic (exact) mass is 255 g/mol. The lowest BCUT2D eigenvalue weighted by atomic mass is 10.1. The van der Waals surface area contributed by atoms with Crippen molar-refractivity contribution in [1.29, 1.82) is 0 Å². The van der Waals surface area contributed by atoms with E-state index in [1.807, 2.05) is 0 Å². The first-order chi connectivity index (χ1) is 8.45. The van der Waals surface area contributed by atoms with Gasteiger partial charge in [-0.1, -0.05) is 0 Å². The molecule has 7 heteroatoms. The summed E-state index contributed by atoms with van der Waals surface area (Å²) >= 11 is 0. The van der Waals surface area contributed by atoms with E-state index in [9.17, 15) is 14.0 Å². The minimum absolute atomic E-state index is 0.116. The highest BCUT2D eigenvalue weighted by Gasteiger charge is 2.13. The molecular weight excluding hydrogens is 241 g/mol. The maximum Gasteiger partial charge on any atom is 0.338 e. The normalized spacial score (nSPS) is 9.89. The van der Waals surface area contributed by atoms with E-state index < -0.39 is 17.3 Å². The summed E-state index contributed by atoms with van der Waals surface area (Å²) < 4.78 is 13.4. The molecule has 1 aromatic rings. The number of nitrogens with one attached hydrogen (secondary N) is 2. The number of carboxylic acid groups (broad SMARTS) is 1. The van der Waals surface area contributed by atoms with Gasteiger partial charge < -0.3 is 21.5 Å². The fourth-order valence-electron chi connectivity index (χ4n) is 1.34. The van der Waals surface area contributed by atoms with Crippen molar-refractivity contribution in [2.24, 2.45) is 0 Å². The highest BCUT2D eigenvalue weighted by atomic mass is 19.1. The van der Waals surface area contributed by atoms with Crippen LogP contribution in [-0.2, 0) is 4.79 Å². The third kappa shape index (κ3) is 3.34. The summed E-state index contributed by atoms with van der Waals surface area (Å²) in [7, 11) is 1.51. The summed E-state index contributed by atoms with van der Waals surface area (Å²) in [6.45, 7) is 0.274. The molecule has 0 saturated carbocycles. The fourth-order valence-corrected chi connectivity index (χ4v) is 1.34. The quantitative estimate of drug-likeness (QED) is 0.578. The van der Waals surface area contributed by atoms with Crippen molar-refractivity contribution in [3.63, 3.8) is 0 Å². The fraction of sp³-hybridized carbons (Fsp3) is 0.273. The summed E-state index contributed by atoms with van der Waals surface area (Å²) in [5.41, 5.74) is 5.48. The summed E-state index contributed by atoms with van der Waals surface area (Å²) in [6.07, 6.45) is 0.207. The number of amides is 1. The Morgan fingerprint density at radius 3 is 2.67 bits per heavy atom. The molecule has 1 rings (SSSR count). The average Bonchev–Trinajstić information content (AvgIpc) is 2.32. The molecule has 98 valence electrons. The van der Waals surface area contributed by atoms with Crippen LogP contribution in [0.1, 0.15) is 16.8 Å². The Morgan fingerprint density at radius 2 is 2.11 bits per heavy atom. The molecule has 1 aromatic carbocycles. The Balaban J connectivity index is 2.76. The molecule has 0 unspecified atom stereocenters. The second kappa shape index (κ2) is 5.85. The molecule has 0 heterocycles. The van der Waals surface area contributed by atoms with Gasteiger partial charge in [0.1, 0.15) is 5.82 Å². The number of hydrogen-bond acceptors (Lipinski definition) is 4. The van der Waals surface area contributed by atoms with Crippen LogP contribution in [-0.4, -0.2) is 30.6 Å². The maximum absolute atomic E-state index is 13.4. The smallest absolute Gasteiger partial charge is 0.338 e. The third-order valence-electron chi connectivity index (χ3n) is 2.32. The molecule has 6 nitrogen and oxygen atoms in total. The summed E-state index contributed by atoms with van der Waals surface area (Å²) in [5, 5.41) is 13.9. The predicted octanol–water partition coefficient (Wildman–Crippen LogP) is 0.654. The first-order valence-corrected chi connectivity index (χ1v) is 5.22. The lowest BCUT2D eigenvalue weighted by molar-refractivity contribution is -0.120. The van der Waals surface area contributed by atoms with E-state index in [4.69, 9.17) is 10.8 Å². The van der Waals surface area contributed by atoms with Crippen LogP contribution < -0.4 is 16.4 Å². The number of rotatable bonds is 5. The SMILES string of the molecule is CNC(=O)CCNc1cc(F)c(C(=O)O)cc1N. The Morgan fingerprint density at radius 1 is 1.44 bits per heavy atom. The Bertz CT molecular complexity index is 477. The van der Waals surface area contributed by atoms with Gasteiger partial charge in [-0.05, 0) is 12.1 Å².